The third kappa shape index (κ3) is 4.33. The summed E-state index contributed by atoms with van der Waals surface area (Å²) >= 11 is 6.37. The van der Waals surface area contributed by atoms with Gasteiger partial charge in [0.05, 0.1) is 42.6 Å². The van der Waals surface area contributed by atoms with Gasteiger partial charge in [0.1, 0.15) is 6.54 Å². The van der Waals surface area contributed by atoms with Gasteiger partial charge in [-0.05, 0) is 37.5 Å². The molecule has 0 radical (unpaired) electrons. The minimum atomic E-state index is -4.32. The molecule has 1 saturated heterocycles. The molecule has 1 aliphatic carbocycles. The van der Waals surface area contributed by atoms with E-state index in [0.717, 1.165) is 36.4 Å². The second-order valence-electron chi connectivity index (χ2n) is 9.00. The molecule has 168 valence electrons. The van der Waals surface area contributed by atoms with E-state index in [2.05, 4.69) is 12.0 Å². The summed E-state index contributed by atoms with van der Waals surface area (Å²) in [6.07, 6.45) is 0.741. The molecule has 0 N–H and O–H groups in total. The summed E-state index contributed by atoms with van der Waals surface area (Å²) < 4.78 is 43.5. The molecular formula is C20H28ClF3N4O2. The predicted octanol–water partition coefficient (Wildman–Crippen LogP) is 2.95. The highest BCUT2D eigenvalue weighted by Gasteiger charge is 2.48. The van der Waals surface area contributed by atoms with Crippen LogP contribution in [0.1, 0.15) is 32.6 Å². The van der Waals surface area contributed by atoms with Crippen molar-refractivity contribution in [1.82, 2.24) is 9.91 Å². The van der Waals surface area contributed by atoms with Crippen LogP contribution in [-0.4, -0.2) is 84.2 Å². The highest BCUT2D eigenvalue weighted by molar-refractivity contribution is 6.21. The number of ether oxygens (including phenoxy) is 1. The van der Waals surface area contributed by atoms with E-state index in [1.807, 2.05) is 0 Å². The number of hydrogen-bond acceptors (Lipinski definition) is 5. The van der Waals surface area contributed by atoms with Crippen LogP contribution in [0, 0.1) is 17.8 Å². The van der Waals surface area contributed by atoms with Gasteiger partial charge in [0, 0.05) is 19.0 Å². The lowest BCUT2D eigenvalue weighted by Gasteiger charge is -2.38. The van der Waals surface area contributed by atoms with Crippen LogP contribution < -0.4 is 0 Å². The number of methoxy groups -OCH3 is 1. The molecule has 1 saturated carbocycles. The summed E-state index contributed by atoms with van der Waals surface area (Å²) in [7, 11) is 1.69. The molecule has 3 aliphatic heterocycles. The number of hydrazone groups is 1. The highest BCUT2D eigenvalue weighted by Crippen LogP contribution is 2.40. The van der Waals surface area contributed by atoms with Crippen LogP contribution in [0.2, 0.25) is 0 Å². The normalized spacial score (nSPS) is 39.5. The van der Waals surface area contributed by atoms with Crippen LogP contribution >= 0.6 is 11.6 Å². The van der Waals surface area contributed by atoms with Gasteiger partial charge < -0.3 is 9.64 Å². The van der Waals surface area contributed by atoms with Gasteiger partial charge in [-0.2, -0.15) is 18.3 Å². The molecule has 0 aromatic rings. The van der Waals surface area contributed by atoms with Crippen molar-refractivity contribution in [3.05, 3.63) is 0 Å². The smallest absolute Gasteiger partial charge is 0.380 e. The van der Waals surface area contributed by atoms with E-state index >= 15 is 0 Å². The van der Waals surface area contributed by atoms with Gasteiger partial charge in [-0.3, -0.25) is 14.8 Å². The van der Waals surface area contributed by atoms with Crippen molar-refractivity contribution < 1.29 is 22.7 Å². The largest absolute Gasteiger partial charge is 0.407 e. The van der Waals surface area contributed by atoms with Gasteiger partial charge in [0.25, 0.3) is 0 Å². The topological polar surface area (TPSA) is 57.5 Å². The van der Waals surface area contributed by atoms with E-state index < -0.39 is 18.8 Å². The Kier molecular flexibility index (Phi) is 6.05. The maximum absolute atomic E-state index is 13.1. The van der Waals surface area contributed by atoms with Crippen molar-refractivity contribution in [1.29, 1.82) is 0 Å². The van der Waals surface area contributed by atoms with Crippen LogP contribution in [0.3, 0.4) is 0 Å². The molecule has 0 bridgehead atoms. The lowest BCUT2D eigenvalue weighted by Crippen LogP contribution is -2.43. The molecule has 3 heterocycles. The monoisotopic (exact) mass is 448 g/mol. The standard InChI is InChI=1S/C20H28ClF3N4O2/c1-11-5-15(12-3-4-14(21)17(6-12)30-2)26-16-9-28(19(29)18(11)16)13-7-25-27(8-13)10-20(22,23)24/h7,11-15,17-18H,3-6,8-10H2,1-2H3. The minimum absolute atomic E-state index is 0.0228. The molecule has 10 heteroatoms. The predicted molar refractivity (Wildman–Crippen MR) is 108 cm³/mol. The fourth-order valence-corrected chi connectivity index (χ4v) is 5.75. The lowest BCUT2D eigenvalue weighted by atomic mass is 9.75. The molecule has 4 aliphatic rings. The number of halogens is 4. The Balaban J connectivity index is 1.44. The van der Waals surface area contributed by atoms with Gasteiger partial charge in [-0.15, -0.1) is 11.6 Å². The van der Waals surface area contributed by atoms with Gasteiger partial charge in [-0.25, -0.2) is 0 Å². The quantitative estimate of drug-likeness (QED) is 0.621. The number of carbonyl (C=O) groups excluding carboxylic acids is 1. The number of amides is 1. The zero-order valence-corrected chi connectivity index (χ0v) is 17.9. The maximum atomic E-state index is 13.1. The second kappa shape index (κ2) is 8.30. The summed E-state index contributed by atoms with van der Waals surface area (Å²) in [5.74, 6) is 0.220. The Hall–Kier alpha value is -1.35. The maximum Gasteiger partial charge on any atom is 0.407 e. The zero-order valence-electron chi connectivity index (χ0n) is 17.2. The summed E-state index contributed by atoms with van der Waals surface area (Å²) in [5.41, 5.74) is 0.869. The van der Waals surface area contributed by atoms with Crippen molar-refractivity contribution in [2.24, 2.45) is 27.8 Å². The van der Waals surface area contributed by atoms with E-state index in [0.29, 0.717) is 12.5 Å². The third-order valence-electron chi connectivity index (χ3n) is 6.92. The van der Waals surface area contributed by atoms with Crippen LogP contribution in [-0.2, 0) is 9.53 Å². The van der Waals surface area contributed by atoms with Crippen molar-refractivity contribution in [3.63, 3.8) is 0 Å². The minimum Gasteiger partial charge on any atom is -0.380 e. The van der Waals surface area contributed by atoms with Crippen LogP contribution in [0.4, 0.5) is 13.2 Å². The number of rotatable bonds is 4. The first-order valence-corrected chi connectivity index (χ1v) is 11.0. The Morgan fingerprint density at radius 3 is 2.77 bits per heavy atom. The van der Waals surface area contributed by atoms with Crippen molar-refractivity contribution in [3.8, 4) is 0 Å². The number of likely N-dealkylation sites (tertiary alicyclic amines) is 1. The SMILES string of the molecule is COC1CC(C2CC(C)C3C(=O)N(C4C=NN(CC(F)(F)F)C4)CC3=N2)CCC1Cl. The first kappa shape index (κ1) is 21.9. The Morgan fingerprint density at radius 1 is 1.30 bits per heavy atom. The van der Waals surface area contributed by atoms with Crippen molar-refractivity contribution >= 4 is 29.4 Å². The molecular weight excluding hydrogens is 421 g/mol. The summed E-state index contributed by atoms with van der Waals surface area (Å²) in [4.78, 5) is 19.7. The molecule has 30 heavy (non-hydrogen) atoms. The second-order valence-corrected chi connectivity index (χ2v) is 9.56. The molecule has 4 rings (SSSR count). The van der Waals surface area contributed by atoms with Crippen LogP contribution in [0.15, 0.2) is 10.1 Å². The van der Waals surface area contributed by atoms with E-state index in [1.54, 1.807) is 12.0 Å². The average molecular weight is 449 g/mol. The van der Waals surface area contributed by atoms with Gasteiger partial charge in [0.2, 0.25) is 5.91 Å². The Labute approximate surface area is 179 Å². The van der Waals surface area contributed by atoms with Gasteiger partial charge in [0.15, 0.2) is 0 Å². The van der Waals surface area contributed by atoms with Crippen LogP contribution in [0.25, 0.3) is 0 Å². The summed E-state index contributed by atoms with van der Waals surface area (Å²) in [5, 5.41) is 4.86. The molecule has 6 nitrogen and oxygen atoms in total. The van der Waals surface area contributed by atoms with Crippen molar-refractivity contribution in [2.75, 3.05) is 26.7 Å². The van der Waals surface area contributed by atoms with E-state index in [4.69, 9.17) is 21.3 Å². The Morgan fingerprint density at radius 2 is 2.07 bits per heavy atom. The van der Waals surface area contributed by atoms with Crippen LogP contribution in [0.5, 0.6) is 0 Å². The first-order chi connectivity index (χ1) is 14.2. The molecule has 1 amide bonds. The molecule has 0 spiro atoms. The summed E-state index contributed by atoms with van der Waals surface area (Å²) in [6.45, 7) is 1.42. The molecule has 2 fully saturated rings. The third-order valence-corrected chi connectivity index (χ3v) is 7.41. The van der Waals surface area contributed by atoms with E-state index in [1.165, 1.54) is 6.21 Å². The zero-order chi connectivity index (χ0) is 21.6. The summed E-state index contributed by atoms with van der Waals surface area (Å²) in [6, 6.07) is -0.303. The number of aliphatic imine (C=N–C) groups is 1. The Bertz CT molecular complexity index is 731. The number of fused-ring (bicyclic) bond motifs is 1. The fraction of sp³-hybridized carbons (Fsp3) is 0.850. The molecule has 0 aromatic heterocycles. The van der Waals surface area contributed by atoms with Gasteiger partial charge >= 0.3 is 6.18 Å². The molecule has 7 atom stereocenters. The number of hydrogen-bond donors (Lipinski definition) is 0. The average Bonchev–Trinajstić information content (AvgIpc) is 3.25. The highest BCUT2D eigenvalue weighted by atomic mass is 35.5. The molecule has 7 unspecified atom stereocenters. The van der Waals surface area contributed by atoms with E-state index in [-0.39, 0.29) is 41.8 Å². The van der Waals surface area contributed by atoms with E-state index in [9.17, 15) is 18.0 Å². The molecule has 0 aromatic carbocycles. The lowest BCUT2D eigenvalue weighted by molar-refractivity contribution is -0.146. The number of alkyl halides is 4. The number of nitrogens with zero attached hydrogens (tertiary/aromatic N) is 4. The first-order valence-electron chi connectivity index (χ1n) is 10.6. The van der Waals surface area contributed by atoms with Crippen molar-refractivity contribution in [2.45, 2.75) is 62.3 Å². The van der Waals surface area contributed by atoms with Gasteiger partial charge in [-0.1, -0.05) is 6.92 Å². The fourth-order valence-electron chi connectivity index (χ4n) is 5.42. The number of carbonyl (C=O) groups is 1.